The summed E-state index contributed by atoms with van der Waals surface area (Å²) in [5.41, 5.74) is 2.55. The summed E-state index contributed by atoms with van der Waals surface area (Å²) >= 11 is 0. The molecule has 1 heterocycles. The average Bonchev–Trinajstić information content (AvgIpc) is 2.76. The van der Waals surface area contributed by atoms with E-state index in [9.17, 15) is 4.79 Å². The first-order valence-corrected chi connectivity index (χ1v) is 9.26. The molecule has 0 radical (unpaired) electrons. The van der Waals surface area contributed by atoms with Crippen molar-refractivity contribution >= 4 is 11.7 Å². The molecule has 6 nitrogen and oxygen atoms in total. The Morgan fingerprint density at radius 2 is 1.82 bits per heavy atom. The van der Waals surface area contributed by atoms with Gasteiger partial charge in [-0.25, -0.2) is 9.97 Å². The highest BCUT2D eigenvalue weighted by Gasteiger charge is 2.10. The zero-order valence-electron chi connectivity index (χ0n) is 15.9. The minimum Gasteiger partial charge on any atom is -0.496 e. The van der Waals surface area contributed by atoms with Crippen LogP contribution in [0, 0.1) is 0 Å². The van der Waals surface area contributed by atoms with Crippen LogP contribution in [-0.2, 0) is 13.0 Å². The summed E-state index contributed by atoms with van der Waals surface area (Å²) < 4.78 is 5.30. The summed E-state index contributed by atoms with van der Waals surface area (Å²) in [5.74, 6) is 1.14. The molecule has 0 fully saturated rings. The molecule has 0 aliphatic rings. The van der Waals surface area contributed by atoms with Gasteiger partial charge >= 0.3 is 0 Å². The standard InChI is InChI=1S/C22H24N4O2/c1-28-20-12-6-5-11-18(20)15-24-22(27)19-14-21(26-16-25-19)23-13-7-10-17-8-3-2-4-9-17/h2-6,8-9,11-12,14,16H,7,10,13,15H2,1H3,(H,24,27)(H,23,25,26). The second-order valence-corrected chi connectivity index (χ2v) is 6.30. The molecule has 0 saturated heterocycles. The van der Waals surface area contributed by atoms with E-state index in [4.69, 9.17) is 4.74 Å². The van der Waals surface area contributed by atoms with E-state index < -0.39 is 0 Å². The molecule has 0 aliphatic carbocycles. The number of hydrogen-bond donors (Lipinski definition) is 2. The van der Waals surface area contributed by atoms with Crippen molar-refractivity contribution in [2.45, 2.75) is 19.4 Å². The summed E-state index contributed by atoms with van der Waals surface area (Å²) in [6, 6.07) is 19.6. The minimum atomic E-state index is -0.249. The lowest BCUT2D eigenvalue weighted by Crippen LogP contribution is -2.24. The molecular formula is C22H24N4O2. The van der Waals surface area contributed by atoms with Gasteiger partial charge in [-0.2, -0.15) is 0 Å². The molecule has 1 amide bonds. The molecule has 0 spiro atoms. The van der Waals surface area contributed by atoms with E-state index in [1.807, 2.05) is 42.5 Å². The number of carbonyl (C=O) groups excluding carboxylic acids is 1. The maximum atomic E-state index is 12.4. The van der Waals surface area contributed by atoms with Crippen LogP contribution >= 0.6 is 0 Å². The third-order valence-corrected chi connectivity index (χ3v) is 4.32. The first-order chi connectivity index (χ1) is 13.8. The molecule has 1 aromatic heterocycles. The van der Waals surface area contributed by atoms with E-state index in [1.54, 1.807) is 13.2 Å². The summed E-state index contributed by atoms with van der Waals surface area (Å²) in [6.45, 7) is 1.14. The number of rotatable bonds is 9. The molecule has 28 heavy (non-hydrogen) atoms. The highest BCUT2D eigenvalue weighted by atomic mass is 16.5. The monoisotopic (exact) mass is 376 g/mol. The fourth-order valence-electron chi connectivity index (χ4n) is 2.85. The van der Waals surface area contributed by atoms with Gasteiger partial charge in [0.15, 0.2) is 0 Å². The maximum absolute atomic E-state index is 12.4. The van der Waals surface area contributed by atoms with Gasteiger partial charge in [0.05, 0.1) is 7.11 Å². The summed E-state index contributed by atoms with van der Waals surface area (Å²) in [5, 5.41) is 6.12. The Kier molecular flexibility index (Phi) is 6.95. The van der Waals surface area contributed by atoms with Crippen LogP contribution in [0.3, 0.4) is 0 Å². The summed E-state index contributed by atoms with van der Waals surface area (Å²) in [6.07, 6.45) is 3.37. The van der Waals surface area contributed by atoms with Crippen LogP contribution in [0.5, 0.6) is 5.75 Å². The van der Waals surface area contributed by atoms with Crippen molar-refractivity contribution in [3.63, 3.8) is 0 Å². The zero-order chi connectivity index (χ0) is 19.6. The predicted octanol–water partition coefficient (Wildman–Crippen LogP) is 3.46. The number of nitrogens with zero attached hydrogens (tertiary/aromatic N) is 2. The van der Waals surface area contributed by atoms with Crippen LogP contribution in [0.2, 0.25) is 0 Å². The Balaban J connectivity index is 1.50. The number of aryl methyl sites for hydroxylation is 1. The van der Waals surface area contributed by atoms with Gasteiger partial charge in [0.25, 0.3) is 5.91 Å². The third kappa shape index (κ3) is 5.54. The van der Waals surface area contributed by atoms with Gasteiger partial charge in [0, 0.05) is 24.7 Å². The molecule has 3 rings (SSSR count). The molecule has 2 N–H and O–H groups in total. The fraction of sp³-hybridized carbons (Fsp3) is 0.227. The molecule has 144 valence electrons. The van der Waals surface area contributed by atoms with Crippen LogP contribution in [0.25, 0.3) is 0 Å². The number of amides is 1. The number of para-hydroxylation sites is 1. The molecule has 2 aromatic carbocycles. The number of aromatic nitrogens is 2. The van der Waals surface area contributed by atoms with E-state index in [0.717, 1.165) is 30.7 Å². The SMILES string of the molecule is COc1ccccc1CNC(=O)c1cc(NCCCc2ccccc2)ncn1. The Morgan fingerprint density at radius 1 is 1.04 bits per heavy atom. The van der Waals surface area contributed by atoms with Crippen molar-refractivity contribution in [2.75, 3.05) is 19.0 Å². The lowest BCUT2D eigenvalue weighted by atomic mass is 10.1. The van der Waals surface area contributed by atoms with Crippen molar-refractivity contribution < 1.29 is 9.53 Å². The maximum Gasteiger partial charge on any atom is 0.270 e. The Labute approximate surface area is 165 Å². The Hall–Kier alpha value is -3.41. The van der Waals surface area contributed by atoms with E-state index in [-0.39, 0.29) is 5.91 Å². The second-order valence-electron chi connectivity index (χ2n) is 6.30. The summed E-state index contributed by atoms with van der Waals surface area (Å²) in [4.78, 5) is 20.7. The van der Waals surface area contributed by atoms with Crippen molar-refractivity contribution in [1.29, 1.82) is 0 Å². The highest BCUT2D eigenvalue weighted by molar-refractivity contribution is 5.92. The second kappa shape index (κ2) is 10.1. The van der Waals surface area contributed by atoms with Crippen LogP contribution in [-0.4, -0.2) is 29.5 Å². The molecule has 6 heteroatoms. The van der Waals surface area contributed by atoms with Gasteiger partial charge in [0.2, 0.25) is 0 Å². The molecule has 3 aromatic rings. The number of benzene rings is 2. The normalized spacial score (nSPS) is 10.3. The Bertz CT molecular complexity index is 900. The molecule has 0 saturated carbocycles. The summed E-state index contributed by atoms with van der Waals surface area (Å²) in [7, 11) is 1.61. The third-order valence-electron chi connectivity index (χ3n) is 4.32. The molecule has 0 aliphatic heterocycles. The predicted molar refractivity (Wildman–Crippen MR) is 109 cm³/mol. The smallest absolute Gasteiger partial charge is 0.270 e. The molecular weight excluding hydrogens is 352 g/mol. The fourth-order valence-corrected chi connectivity index (χ4v) is 2.85. The lowest BCUT2D eigenvalue weighted by molar-refractivity contribution is 0.0945. The van der Waals surface area contributed by atoms with E-state index in [1.165, 1.54) is 11.9 Å². The van der Waals surface area contributed by atoms with Gasteiger partial charge in [-0.3, -0.25) is 4.79 Å². The van der Waals surface area contributed by atoms with Gasteiger partial charge in [-0.05, 0) is 24.5 Å². The Morgan fingerprint density at radius 3 is 2.64 bits per heavy atom. The molecule has 0 bridgehead atoms. The molecule has 0 atom stereocenters. The molecule has 0 unspecified atom stereocenters. The van der Waals surface area contributed by atoms with E-state index >= 15 is 0 Å². The average molecular weight is 376 g/mol. The lowest BCUT2D eigenvalue weighted by Gasteiger charge is -2.10. The number of carbonyl (C=O) groups is 1. The van der Waals surface area contributed by atoms with Gasteiger partial charge in [-0.15, -0.1) is 0 Å². The van der Waals surface area contributed by atoms with Crippen LogP contribution in [0.4, 0.5) is 5.82 Å². The first-order valence-electron chi connectivity index (χ1n) is 9.26. The number of hydrogen-bond acceptors (Lipinski definition) is 5. The highest BCUT2D eigenvalue weighted by Crippen LogP contribution is 2.17. The van der Waals surface area contributed by atoms with Crippen LogP contribution in [0.15, 0.2) is 67.0 Å². The number of methoxy groups -OCH3 is 1. The van der Waals surface area contributed by atoms with Gasteiger partial charge in [0.1, 0.15) is 23.6 Å². The van der Waals surface area contributed by atoms with E-state index in [0.29, 0.717) is 18.1 Å². The van der Waals surface area contributed by atoms with E-state index in [2.05, 4.69) is 32.7 Å². The zero-order valence-corrected chi connectivity index (χ0v) is 15.9. The number of anilines is 1. The van der Waals surface area contributed by atoms with Crippen LogP contribution in [0.1, 0.15) is 28.0 Å². The quantitative estimate of drug-likeness (QED) is 0.559. The topological polar surface area (TPSA) is 76.1 Å². The first kappa shape index (κ1) is 19.4. The van der Waals surface area contributed by atoms with Crippen molar-refractivity contribution in [3.8, 4) is 5.75 Å². The largest absolute Gasteiger partial charge is 0.496 e. The number of ether oxygens (including phenoxy) is 1. The van der Waals surface area contributed by atoms with Gasteiger partial charge < -0.3 is 15.4 Å². The van der Waals surface area contributed by atoms with Crippen molar-refractivity contribution in [1.82, 2.24) is 15.3 Å². The van der Waals surface area contributed by atoms with Crippen LogP contribution < -0.4 is 15.4 Å². The van der Waals surface area contributed by atoms with Crippen molar-refractivity contribution in [3.05, 3.63) is 83.8 Å². The number of nitrogens with one attached hydrogen (secondary N) is 2. The van der Waals surface area contributed by atoms with Crippen molar-refractivity contribution in [2.24, 2.45) is 0 Å². The van der Waals surface area contributed by atoms with Gasteiger partial charge in [-0.1, -0.05) is 48.5 Å². The minimum absolute atomic E-state index is 0.249.